The van der Waals surface area contributed by atoms with Crippen molar-refractivity contribution in [2.45, 2.75) is 13.8 Å². The van der Waals surface area contributed by atoms with Gasteiger partial charge in [0.15, 0.2) is 0 Å². The van der Waals surface area contributed by atoms with Gasteiger partial charge in [-0.1, -0.05) is 11.6 Å². The van der Waals surface area contributed by atoms with Gasteiger partial charge in [-0.25, -0.2) is 0 Å². The van der Waals surface area contributed by atoms with Crippen LogP contribution < -0.4 is 10.1 Å². The Balaban J connectivity index is 2.34. The van der Waals surface area contributed by atoms with E-state index in [1.165, 1.54) is 7.11 Å². The molecule has 0 fully saturated rings. The number of halogens is 1. The third-order valence-electron chi connectivity index (χ3n) is 3.20. The molecule has 0 atom stereocenters. The van der Waals surface area contributed by atoms with E-state index in [4.69, 9.17) is 16.3 Å². The zero-order valence-corrected chi connectivity index (χ0v) is 12.8. The van der Waals surface area contributed by atoms with E-state index in [9.17, 15) is 9.90 Å². The number of methoxy groups -OCH3 is 1. The molecule has 0 aliphatic heterocycles. The van der Waals surface area contributed by atoms with Gasteiger partial charge in [-0.3, -0.25) is 4.79 Å². The van der Waals surface area contributed by atoms with Crippen molar-refractivity contribution in [3.8, 4) is 11.5 Å². The van der Waals surface area contributed by atoms with E-state index in [1.807, 2.05) is 6.92 Å². The molecule has 21 heavy (non-hydrogen) atoms. The highest BCUT2D eigenvalue weighted by molar-refractivity contribution is 6.31. The van der Waals surface area contributed by atoms with Crippen LogP contribution in [0.3, 0.4) is 0 Å². The van der Waals surface area contributed by atoms with Crippen molar-refractivity contribution in [2.24, 2.45) is 0 Å². The minimum absolute atomic E-state index is 0.200. The SMILES string of the molecule is COc1ccc(Cl)cc1C(=O)Nc1cc(C)c(O)cc1C. The second kappa shape index (κ2) is 6.06. The summed E-state index contributed by atoms with van der Waals surface area (Å²) in [7, 11) is 1.50. The molecule has 0 aliphatic carbocycles. The third kappa shape index (κ3) is 3.28. The van der Waals surface area contributed by atoms with E-state index in [0.717, 1.165) is 5.56 Å². The first-order valence-corrected chi connectivity index (χ1v) is 6.75. The smallest absolute Gasteiger partial charge is 0.259 e. The summed E-state index contributed by atoms with van der Waals surface area (Å²) >= 11 is 5.93. The van der Waals surface area contributed by atoms with Crippen LogP contribution in [-0.2, 0) is 0 Å². The highest BCUT2D eigenvalue weighted by Gasteiger charge is 2.14. The molecule has 0 bridgehead atoms. The maximum atomic E-state index is 12.4. The monoisotopic (exact) mass is 305 g/mol. The summed E-state index contributed by atoms with van der Waals surface area (Å²) in [6, 6.07) is 8.19. The maximum Gasteiger partial charge on any atom is 0.259 e. The van der Waals surface area contributed by atoms with Crippen LogP contribution in [-0.4, -0.2) is 18.1 Å². The minimum Gasteiger partial charge on any atom is -0.508 e. The molecule has 0 unspecified atom stereocenters. The molecule has 2 aromatic rings. The molecular weight excluding hydrogens is 290 g/mol. The molecule has 0 spiro atoms. The number of benzene rings is 2. The quantitative estimate of drug-likeness (QED) is 0.845. The average molecular weight is 306 g/mol. The number of ether oxygens (including phenoxy) is 1. The van der Waals surface area contributed by atoms with Gasteiger partial charge >= 0.3 is 0 Å². The van der Waals surface area contributed by atoms with E-state index in [-0.39, 0.29) is 11.7 Å². The number of carbonyl (C=O) groups excluding carboxylic acids is 1. The topological polar surface area (TPSA) is 58.6 Å². The number of hydrogen-bond donors (Lipinski definition) is 2. The van der Waals surface area contributed by atoms with Gasteiger partial charge in [-0.2, -0.15) is 0 Å². The Kier molecular flexibility index (Phi) is 4.38. The van der Waals surface area contributed by atoms with Gasteiger partial charge in [0, 0.05) is 10.7 Å². The normalized spacial score (nSPS) is 10.3. The molecule has 4 nitrogen and oxygen atoms in total. The average Bonchev–Trinajstić information content (AvgIpc) is 2.44. The van der Waals surface area contributed by atoms with Crippen LogP contribution in [0.15, 0.2) is 30.3 Å². The number of rotatable bonds is 3. The van der Waals surface area contributed by atoms with Crippen LogP contribution in [0.5, 0.6) is 11.5 Å². The van der Waals surface area contributed by atoms with Gasteiger partial charge in [-0.15, -0.1) is 0 Å². The molecule has 0 radical (unpaired) electrons. The Hall–Kier alpha value is -2.20. The predicted molar refractivity (Wildman–Crippen MR) is 83.5 cm³/mol. The Morgan fingerprint density at radius 1 is 1.19 bits per heavy atom. The number of carbonyl (C=O) groups is 1. The fourth-order valence-corrected chi connectivity index (χ4v) is 2.16. The number of hydrogen-bond acceptors (Lipinski definition) is 3. The predicted octanol–water partition coefficient (Wildman–Crippen LogP) is 3.92. The first kappa shape index (κ1) is 15.2. The number of anilines is 1. The van der Waals surface area contributed by atoms with Crippen molar-refractivity contribution in [2.75, 3.05) is 12.4 Å². The van der Waals surface area contributed by atoms with Gasteiger partial charge in [-0.05, 0) is 55.3 Å². The lowest BCUT2D eigenvalue weighted by atomic mass is 10.1. The molecule has 5 heteroatoms. The van der Waals surface area contributed by atoms with Gasteiger partial charge in [0.1, 0.15) is 11.5 Å². The summed E-state index contributed by atoms with van der Waals surface area (Å²) in [5.41, 5.74) is 2.45. The number of aryl methyl sites for hydroxylation is 2. The zero-order chi connectivity index (χ0) is 15.6. The van der Waals surface area contributed by atoms with Crippen LogP contribution in [0, 0.1) is 13.8 Å². The van der Waals surface area contributed by atoms with Crippen LogP contribution in [0.2, 0.25) is 5.02 Å². The number of phenolic OH excluding ortho intramolecular Hbond substituents is 1. The van der Waals surface area contributed by atoms with Crippen LogP contribution >= 0.6 is 11.6 Å². The van der Waals surface area contributed by atoms with Gasteiger partial charge < -0.3 is 15.2 Å². The Labute approximate surface area is 128 Å². The molecule has 2 N–H and O–H groups in total. The Morgan fingerprint density at radius 3 is 2.57 bits per heavy atom. The van der Waals surface area contributed by atoms with Gasteiger partial charge in [0.2, 0.25) is 0 Å². The summed E-state index contributed by atoms with van der Waals surface area (Å²) in [5, 5.41) is 12.9. The zero-order valence-electron chi connectivity index (χ0n) is 12.0. The summed E-state index contributed by atoms with van der Waals surface area (Å²) in [5.74, 6) is 0.332. The molecule has 110 valence electrons. The van der Waals surface area contributed by atoms with E-state index in [2.05, 4.69) is 5.32 Å². The summed E-state index contributed by atoms with van der Waals surface area (Å²) < 4.78 is 5.17. The Morgan fingerprint density at radius 2 is 1.90 bits per heavy atom. The summed E-state index contributed by atoms with van der Waals surface area (Å²) in [6.07, 6.45) is 0. The van der Waals surface area contributed by atoms with Crippen molar-refractivity contribution in [1.82, 2.24) is 0 Å². The number of phenols is 1. The van der Waals surface area contributed by atoms with Crippen molar-refractivity contribution in [3.05, 3.63) is 52.0 Å². The molecule has 0 heterocycles. The van der Waals surface area contributed by atoms with Crippen molar-refractivity contribution < 1.29 is 14.6 Å². The fraction of sp³-hybridized carbons (Fsp3) is 0.188. The summed E-state index contributed by atoms with van der Waals surface area (Å²) in [4.78, 5) is 12.4. The van der Waals surface area contributed by atoms with Crippen molar-refractivity contribution >= 4 is 23.2 Å². The molecule has 0 aliphatic rings. The molecule has 0 saturated carbocycles. The highest BCUT2D eigenvalue weighted by Crippen LogP contribution is 2.27. The van der Waals surface area contributed by atoms with Crippen molar-refractivity contribution in [3.63, 3.8) is 0 Å². The second-order valence-electron chi connectivity index (χ2n) is 4.75. The molecular formula is C16H16ClNO3. The van der Waals surface area contributed by atoms with Crippen LogP contribution in [0.1, 0.15) is 21.5 Å². The van der Waals surface area contributed by atoms with E-state index in [0.29, 0.717) is 27.6 Å². The van der Waals surface area contributed by atoms with Gasteiger partial charge in [0.25, 0.3) is 5.91 Å². The molecule has 0 saturated heterocycles. The minimum atomic E-state index is -0.317. The van der Waals surface area contributed by atoms with E-state index >= 15 is 0 Å². The largest absolute Gasteiger partial charge is 0.508 e. The fourth-order valence-electron chi connectivity index (χ4n) is 1.98. The van der Waals surface area contributed by atoms with E-state index < -0.39 is 0 Å². The molecule has 2 rings (SSSR count). The maximum absolute atomic E-state index is 12.4. The summed E-state index contributed by atoms with van der Waals surface area (Å²) in [6.45, 7) is 3.58. The first-order valence-electron chi connectivity index (χ1n) is 6.37. The number of amides is 1. The third-order valence-corrected chi connectivity index (χ3v) is 3.43. The van der Waals surface area contributed by atoms with Gasteiger partial charge in [0.05, 0.1) is 12.7 Å². The molecule has 0 aromatic heterocycles. The number of aromatic hydroxyl groups is 1. The number of nitrogens with one attached hydrogen (secondary N) is 1. The van der Waals surface area contributed by atoms with Crippen LogP contribution in [0.25, 0.3) is 0 Å². The lowest BCUT2D eigenvalue weighted by Crippen LogP contribution is -2.14. The van der Waals surface area contributed by atoms with Crippen molar-refractivity contribution in [1.29, 1.82) is 0 Å². The standard InChI is InChI=1S/C16H16ClNO3/c1-9-7-14(19)10(2)6-13(9)18-16(20)12-8-11(17)4-5-15(12)21-3/h4-8,19H,1-3H3,(H,18,20). The van der Waals surface area contributed by atoms with E-state index in [1.54, 1.807) is 37.3 Å². The molecule has 2 aromatic carbocycles. The lowest BCUT2D eigenvalue weighted by Gasteiger charge is -2.13. The highest BCUT2D eigenvalue weighted by atomic mass is 35.5. The van der Waals surface area contributed by atoms with Crippen LogP contribution in [0.4, 0.5) is 5.69 Å². The Bertz CT molecular complexity index is 698. The molecule has 1 amide bonds. The lowest BCUT2D eigenvalue weighted by molar-refractivity contribution is 0.102. The second-order valence-corrected chi connectivity index (χ2v) is 5.19. The first-order chi connectivity index (χ1) is 9.92.